The second-order valence-corrected chi connectivity index (χ2v) is 6.34. The van der Waals surface area contributed by atoms with Gasteiger partial charge in [-0.3, -0.25) is 9.82 Å². The molecule has 1 heterocycles. The number of carboxylic acids is 1. The number of nitrogens with one attached hydrogen (secondary N) is 2. The Bertz CT molecular complexity index is 789. The molecule has 1 aromatic heterocycles. The largest absolute Gasteiger partial charge is 0.478 e. The monoisotopic (exact) mass is 309 g/mol. The maximum atomic E-state index is 12.4. The minimum atomic E-state index is -3.91. The summed E-state index contributed by atoms with van der Waals surface area (Å²) in [6.45, 7) is 4.88. The minimum absolute atomic E-state index is 0.0214. The summed E-state index contributed by atoms with van der Waals surface area (Å²) in [6.07, 6.45) is 0. The Morgan fingerprint density at radius 3 is 2.48 bits per heavy atom. The van der Waals surface area contributed by atoms with Gasteiger partial charge in [-0.25, -0.2) is 13.2 Å². The van der Waals surface area contributed by atoms with Crippen molar-refractivity contribution in [3.8, 4) is 0 Å². The Balaban J connectivity index is 2.50. The lowest BCUT2D eigenvalue weighted by atomic mass is 10.1. The number of anilines is 1. The number of benzene rings is 1. The molecule has 0 unspecified atom stereocenters. The van der Waals surface area contributed by atoms with Gasteiger partial charge in [0.15, 0.2) is 0 Å². The number of H-pyrrole nitrogens is 1. The summed E-state index contributed by atoms with van der Waals surface area (Å²) < 4.78 is 27.1. The molecule has 0 fully saturated rings. The van der Waals surface area contributed by atoms with E-state index < -0.39 is 16.0 Å². The van der Waals surface area contributed by atoms with E-state index in [1.165, 1.54) is 12.1 Å². The first-order chi connectivity index (χ1) is 9.72. The summed E-state index contributed by atoms with van der Waals surface area (Å²) in [4.78, 5) is 11.3. The number of aryl methyl sites for hydroxylation is 3. The van der Waals surface area contributed by atoms with Crippen molar-refractivity contribution in [3.63, 3.8) is 0 Å². The maximum Gasteiger partial charge on any atom is 0.337 e. The van der Waals surface area contributed by atoms with Gasteiger partial charge in [-0.15, -0.1) is 0 Å². The topological polar surface area (TPSA) is 112 Å². The van der Waals surface area contributed by atoms with Crippen LogP contribution in [0.3, 0.4) is 0 Å². The number of carboxylic acid groups (broad SMARTS) is 1. The number of nitrogens with zero attached hydrogens (tertiary/aromatic N) is 1. The van der Waals surface area contributed by atoms with Crippen LogP contribution < -0.4 is 4.72 Å². The van der Waals surface area contributed by atoms with Crippen molar-refractivity contribution in [2.45, 2.75) is 25.7 Å². The van der Waals surface area contributed by atoms with Gasteiger partial charge in [0.25, 0.3) is 10.0 Å². The average molecular weight is 309 g/mol. The molecule has 0 saturated heterocycles. The van der Waals surface area contributed by atoms with Gasteiger partial charge in [-0.05, 0) is 32.9 Å². The molecule has 0 aliphatic heterocycles. The Kier molecular flexibility index (Phi) is 3.73. The van der Waals surface area contributed by atoms with Gasteiger partial charge in [0.05, 0.1) is 22.6 Å². The van der Waals surface area contributed by atoms with Crippen LogP contribution in [-0.2, 0) is 10.0 Å². The summed E-state index contributed by atoms with van der Waals surface area (Å²) in [5.41, 5.74) is 1.37. The number of hydrogen-bond donors (Lipinski definition) is 3. The molecule has 3 N–H and O–H groups in total. The number of aromatic carboxylic acids is 1. The lowest BCUT2D eigenvalue weighted by molar-refractivity contribution is 0.0698. The first kappa shape index (κ1) is 15.0. The molecule has 112 valence electrons. The van der Waals surface area contributed by atoms with Crippen LogP contribution in [0.1, 0.15) is 27.3 Å². The summed E-state index contributed by atoms with van der Waals surface area (Å²) in [5.74, 6) is -1.20. The Morgan fingerprint density at radius 2 is 1.95 bits per heavy atom. The van der Waals surface area contributed by atoms with Gasteiger partial charge < -0.3 is 5.11 Å². The van der Waals surface area contributed by atoms with Gasteiger partial charge in [0, 0.05) is 0 Å². The molecule has 7 nitrogen and oxygen atoms in total. The summed E-state index contributed by atoms with van der Waals surface area (Å²) in [5, 5.41) is 15.6. The van der Waals surface area contributed by atoms with E-state index in [1.807, 2.05) is 0 Å². The zero-order valence-corrected chi connectivity index (χ0v) is 12.6. The number of hydrogen-bond acceptors (Lipinski definition) is 4. The molecule has 0 saturated carbocycles. The number of rotatable bonds is 4. The SMILES string of the molecule is Cc1ccc(NS(=O)(=O)c2c(C)n[nH]c2C)c(C(=O)O)c1. The standard InChI is InChI=1S/C13H15N3O4S/c1-7-4-5-11(10(6-7)13(17)18)16-21(19,20)12-8(2)14-15-9(12)3/h4-6,16H,1-3H3,(H,14,15)(H,17,18). The van der Waals surface area contributed by atoms with Gasteiger partial charge in [-0.2, -0.15) is 5.10 Å². The lowest BCUT2D eigenvalue weighted by Gasteiger charge is -2.11. The van der Waals surface area contributed by atoms with E-state index >= 15 is 0 Å². The highest BCUT2D eigenvalue weighted by Gasteiger charge is 2.24. The van der Waals surface area contributed by atoms with Crippen molar-refractivity contribution in [3.05, 3.63) is 40.7 Å². The second kappa shape index (κ2) is 5.21. The Hall–Kier alpha value is -2.35. The fraction of sp³-hybridized carbons (Fsp3) is 0.231. The van der Waals surface area contributed by atoms with Crippen LogP contribution in [-0.4, -0.2) is 29.7 Å². The average Bonchev–Trinajstić information content (AvgIpc) is 2.71. The number of sulfonamides is 1. The van der Waals surface area contributed by atoms with Crippen molar-refractivity contribution in [1.29, 1.82) is 0 Å². The van der Waals surface area contributed by atoms with Crippen LogP contribution >= 0.6 is 0 Å². The first-order valence-corrected chi connectivity index (χ1v) is 7.59. The molecular formula is C13H15N3O4S. The molecule has 2 rings (SSSR count). The van der Waals surface area contributed by atoms with E-state index in [4.69, 9.17) is 0 Å². The van der Waals surface area contributed by atoms with E-state index in [0.717, 1.165) is 5.56 Å². The van der Waals surface area contributed by atoms with Crippen molar-refractivity contribution in [2.24, 2.45) is 0 Å². The van der Waals surface area contributed by atoms with E-state index in [1.54, 1.807) is 26.8 Å². The van der Waals surface area contributed by atoms with Crippen molar-refractivity contribution in [2.75, 3.05) is 4.72 Å². The molecule has 0 atom stereocenters. The second-order valence-electron chi connectivity index (χ2n) is 4.72. The molecule has 0 aliphatic carbocycles. The van der Waals surface area contributed by atoms with E-state index in [9.17, 15) is 18.3 Å². The third-order valence-corrected chi connectivity index (χ3v) is 4.61. The highest BCUT2D eigenvalue weighted by atomic mass is 32.2. The number of aromatic amines is 1. The molecule has 0 spiro atoms. The van der Waals surface area contributed by atoms with Gasteiger partial charge >= 0.3 is 5.97 Å². The van der Waals surface area contributed by atoms with Crippen LogP contribution in [0, 0.1) is 20.8 Å². The Labute approximate surface area is 122 Å². The molecule has 0 bridgehead atoms. The van der Waals surface area contributed by atoms with E-state index in [-0.39, 0.29) is 16.1 Å². The molecule has 0 radical (unpaired) electrons. The maximum absolute atomic E-state index is 12.4. The smallest absolute Gasteiger partial charge is 0.337 e. The van der Waals surface area contributed by atoms with Crippen LogP contribution in [0.15, 0.2) is 23.1 Å². The van der Waals surface area contributed by atoms with Crippen molar-refractivity contribution < 1.29 is 18.3 Å². The fourth-order valence-corrected chi connectivity index (χ4v) is 3.51. The summed E-state index contributed by atoms with van der Waals surface area (Å²) >= 11 is 0. The third kappa shape index (κ3) is 2.89. The van der Waals surface area contributed by atoms with Gasteiger partial charge in [0.2, 0.25) is 0 Å². The van der Waals surface area contributed by atoms with Crippen LogP contribution in [0.2, 0.25) is 0 Å². The van der Waals surface area contributed by atoms with Crippen molar-refractivity contribution >= 4 is 21.7 Å². The molecule has 0 aliphatic rings. The highest BCUT2D eigenvalue weighted by Crippen LogP contribution is 2.24. The molecule has 1 aromatic carbocycles. The lowest BCUT2D eigenvalue weighted by Crippen LogP contribution is -2.17. The Morgan fingerprint density at radius 1 is 1.29 bits per heavy atom. The zero-order chi connectivity index (χ0) is 15.8. The van der Waals surface area contributed by atoms with E-state index in [0.29, 0.717) is 11.4 Å². The zero-order valence-electron chi connectivity index (χ0n) is 11.8. The van der Waals surface area contributed by atoms with Crippen molar-refractivity contribution in [1.82, 2.24) is 10.2 Å². The quantitative estimate of drug-likeness (QED) is 0.797. The molecular weight excluding hydrogens is 294 g/mol. The van der Waals surface area contributed by atoms with Crippen LogP contribution in [0.4, 0.5) is 5.69 Å². The number of aromatic nitrogens is 2. The first-order valence-electron chi connectivity index (χ1n) is 6.10. The van der Waals surface area contributed by atoms with E-state index in [2.05, 4.69) is 14.9 Å². The molecule has 8 heteroatoms. The van der Waals surface area contributed by atoms with Gasteiger partial charge in [0.1, 0.15) is 4.90 Å². The predicted molar refractivity (Wildman–Crippen MR) is 77.0 cm³/mol. The molecule has 2 aromatic rings. The predicted octanol–water partition coefficient (Wildman–Crippen LogP) is 1.83. The minimum Gasteiger partial charge on any atom is -0.478 e. The normalized spacial score (nSPS) is 11.4. The van der Waals surface area contributed by atoms with Crippen LogP contribution in [0.25, 0.3) is 0 Å². The molecule has 0 amide bonds. The fourth-order valence-electron chi connectivity index (χ4n) is 2.06. The van der Waals surface area contributed by atoms with Crippen LogP contribution in [0.5, 0.6) is 0 Å². The highest BCUT2D eigenvalue weighted by molar-refractivity contribution is 7.92. The third-order valence-electron chi connectivity index (χ3n) is 2.98. The van der Waals surface area contributed by atoms with Gasteiger partial charge in [-0.1, -0.05) is 11.6 Å². The molecule has 21 heavy (non-hydrogen) atoms. The number of carbonyl (C=O) groups is 1. The summed E-state index contributed by atoms with van der Waals surface area (Å²) in [7, 11) is -3.91. The summed E-state index contributed by atoms with van der Waals surface area (Å²) in [6, 6.07) is 4.48.